The highest BCUT2D eigenvalue weighted by atomic mass is 15.1. The molecule has 0 unspecified atom stereocenters. The SMILES string of the molecule is CCC1CCC(Nc2nccc3c2ncn3C)CC1. The average molecular weight is 258 g/mol. The highest BCUT2D eigenvalue weighted by molar-refractivity contribution is 5.85. The second kappa shape index (κ2) is 5.19. The molecule has 4 heteroatoms. The highest BCUT2D eigenvalue weighted by Crippen LogP contribution is 2.29. The quantitative estimate of drug-likeness (QED) is 0.918. The smallest absolute Gasteiger partial charge is 0.154 e. The minimum atomic E-state index is 0.558. The van der Waals surface area contributed by atoms with E-state index >= 15 is 0 Å². The average Bonchev–Trinajstić information content (AvgIpc) is 2.83. The third-order valence-corrected chi connectivity index (χ3v) is 4.41. The van der Waals surface area contributed by atoms with Gasteiger partial charge in [-0.1, -0.05) is 13.3 Å². The molecule has 3 rings (SSSR count). The molecule has 4 nitrogen and oxygen atoms in total. The van der Waals surface area contributed by atoms with Gasteiger partial charge in [0.2, 0.25) is 0 Å². The molecule has 0 amide bonds. The second-order valence-electron chi connectivity index (χ2n) is 5.65. The van der Waals surface area contributed by atoms with Crippen LogP contribution in [0.1, 0.15) is 39.0 Å². The lowest BCUT2D eigenvalue weighted by atomic mass is 9.84. The molecule has 2 aromatic rings. The Bertz CT molecular complexity index is 552. The summed E-state index contributed by atoms with van der Waals surface area (Å²) in [6, 6.07) is 2.57. The van der Waals surface area contributed by atoms with Crippen molar-refractivity contribution in [3.8, 4) is 0 Å². The van der Waals surface area contributed by atoms with Gasteiger partial charge in [0.15, 0.2) is 5.82 Å². The number of anilines is 1. The van der Waals surface area contributed by atoms with E-state index in [-0.39, 0.29) is 0 Å². The van der Waals surface area contributed by atoms with Crippen LogP contribution in [0.25, 0.3) is 11.0 Å². The minimum Gasteiger partial charge on any atom is -0.365 e. The number of fused-ring (bicyclic) bond motifs is 1. The number of nitrogens with one attached hydrogen (secondary N) is 1. The maximum absolute atomic E-state index is 4.47. The number of aryl methyl sites for hydroxylation is 1. The van der Waals surface area contributed by atoms with Crippen LogP contribution in [0.5, 0.6) is 0 Å². The van der Waals surface area contributed by atoms with Gasteiger partial charge in [-0.05, 0) is 37.7 Å². The molecule has 2 aromatic heterocycles. The number of nitrogens with zero attached hydrogens (tertiary/aromatic N) is 3. The molecule has 0 atom stereocenters. The van der Waals surface area contributed by atoms with E-state index in [1.165, 1.54) is 32.1 Å². The van der Waals surface area contributed by atoms with Gasteiger partial charge >= 0.3 is 0 Å². The van der Waals surface area contributed by atoms with E-state index in [2.05, 4.69) is 22.2 Å². The van der Waals surface area contributed by atoms with Crippen molar-refractivity contribution < 1.29 is 0 Å². The Kier molecular flexibility index (Phi) is 3.40. The summed E-state index contributed by atoms with van der Waals surface area (Å²) in [5.74, 6) is 1.87. The molecule has 1 N–H and O–H groups in total. The summed E-state index contributed by atoms with van der Waals surface area (Å²) >= 11 is 0. The summed E-state index contributed by atoms with van der Waals surface area (Å²) < 4.78 is 2.04. The molecule has 1 saturated carbocycles. The van der Waals surface area contributed by atoms with E-state index in [1.807, 2.05) is 30.2 Å². The van der Waals surface area contributed by atoms with Gasteiger partial charge in [-0.3, -0.25) is 0 Å². The molecule has 102 valence electrons. The Morgan fingerprint density at radius 2 is 2.05 bits per heavy atom. The standard InChI is InChI=1S/C15H22N4/c1-3-11-4-6-12(7-5-11)18-15-14-13(8-9-16-15)19(2)10-17-14/h8-12H,3-7H2,1-2H3,(H,16,18). The van der Waals surface area contributed by atoms with Crippen LogP contribution in [-0.4, -0.2) is 20.6 Å². The monoisotopic (exact) mass is 258 g/mol. The third-order valence-electron chi connectivity index (χ3n) is 4.41. The number of hydrogen-bond acceptors (Lipinski definition) is 3. The summed E-state index contributed by atoms with van der Waals surface area (Å²) in [5.41, 5.74) is 2.13. The van der Waals surface area contributed by atoms with Gasteiger partial charge in [0, 0.05) is 19.3 Å². The van der Waals surface area contributed by atoms with Gasteiger partial charge in [0.25, 0.3) is 0 Å². The predicted octanol–water partition coefficient (Wildman–Crippen LogP) is 3.35. The minimum absolute atomic E-state index is 0.558. The van der Waals surface area contributed by atoms with Crippen molar-refractivity contribution in [3.05, 3.63) is 18.6 Å². The van der Waals surface area contributed by atoms with Crippen LogP contribution >= 0.6 is 0 Å². The van der Waals surface area contributed by atoms with Crippen LogP contribution in [0, 0.1) is 5.92 Å². The lowest BCUT2D eigenvalue weighted by molar-refractivity contribution is 0.330. The van der Waals surface area contributed by atoms with Crippen LogP contribution in [0.4, 0.5) is 5.82 Å². The van der Waals surface area contributed by atoms with Crippen molar-refractivity contribution >= 4 is 16.9 Å². The summed E-state index contributed by atoms with van der Waals surface area (Å²) in [7, 11) is 2.02. The number of aromatic nitrogens is 3. The molecule has 0 spiro atoms. The Hall–Kier alpha value is -1.58. The molecule has 0 aromatic carbocycles. The van der Waals surface area contributed by atoms with Crippen LogP contribution in [0.3, 0.4) is 0 Å². The van der Waals surface area contributed by atoms with Crippen LogP contribution in [0.15, 0.2) is 18.6 Å². The van der Waals surface area contributed by atoms with E-state index in [9.17, 15) is 0 Å². The Morgan fingerprint density at radius 3 is 2.79 bits per heavy atom. The molecule has 19 heavy (non-hydrogen) atoms. The lowest BCUT2D eigenvalue weighted by Crippen LogP contribution is -2.26. The fourth-order valence-corrected chi connectivity index (χ4v) is 3.08. The third kappa shape index (κ3) is 2.44. The first-order valence-corrected chi connectivity index (χ1v) is 7.30. The van der Waals surface area contributed by atoms with E-state index in [0.29, 0.717) is 6.04 Å². The Morgan fingerprint density at radius 1 is 1.26 bits per heavy atom. The summed E-state index contributed by atoms with van der Waals surface area (Å²) in [6.07, 6.45) is 10.2. The number of rotatable bonds is 3. The highest BCUT2D eigenvalue weighted by Gasteiger charge is 2.21. The summed E-state index contributed by atoms with van der Waals surface area (Å²) in [6.45, 7) is 2.30. The first-order chi connectivity index (χ1) is 9.28. The predicted molar refractivity (Wildman–Crippen MR) is 78.2 cm³/mol. The zero-order valence-corrected chi connectivity index (χ0v) is 11.8. The molecule has 2 heterocycles. The van der Waals surface area contributed by atoms with Gasteiger partial charge in [0.05, 0.1) is 11.8 Å². The summed E-state index contributed by atoms with van der Waals surface area (Å²) in [4.78, 5) is 8.92. The lowest BCUT2D eigenvalue weighted by Gasteiger charge is -2.28. The summed E-state index contributed by atoms with van der Waals surface area (Å²) in [5, 5.41) is 3.59. The van der Waals surface area contributed by atoms with Crippen molar-refractivity contribution in [2.75, 3.05) is 5.32 Å². The van der Waals surface area contributed by atoms with Gasteiger partial charge < -0.3 is 9.88 Å². The largest absolute Gasteiger partial charge is 0.365 e. The molecule has 0 radical (unpaired) electrons. The molecule has 0 bridgehead atoms. The van der Waals surface area contributed by atoms with Crippen molar-refractivity contribution in [1.82, 2.24) is 14.5 Å². The van der Waals surface area contributed by atoms with Crippen molar-refractivity contribution in [3.63, 3.8) is 0 Å². The van der Waals surface area contributed by atoms with E-state index in [4.69, 9.17) is 0 Å². The van der Waals surface area contributed by atoms with E-state index in [0.717, 1.165) is 22.8 Å². The van der Waals surface area contributed by atoms with Gasteiger partial charge in [0.1, 0.15) is 5.52 Å². The van der Waals surface area contributed by atoms with E-state index < -0.39 is 0 Å². The maximum atomic E-state index is 4.47. The molecule has 1 aliphatic rings. The molecule has 1 fully saturated rings. The molecule has 1 aliphatic carbocycles. The Labute approximate surface area is 114 Å². The van der Waals surface area contributed by atoms with Gasteiger partial charge in [-0.15, -0.1) is 0 Å². The van der Waals surface area contributed by atoms with Crippen molar-refractivity contribution in [2.45, 2.75) is 45.1 Å². The zero-order valence-electron chi connectivity index (χ0n) is 11.8. The van der Waals surface area contributed by atoms with Crippen LogP contribution in [0.2, 0.25) is 0 Å². The number of hydrogen-bond donors (Lipinski definition) is 1. The maximum Gasteiger partial charge on any atom is 0.154 e. The topological polar surface area (TPSA) is 42.7 Å². The number of imidazole rings is 1. The van der Waals surface area contributed by atoms with Crippen LogP contribution < -0.4 is 5.32 Å². The van der Waals surface area contributed by atoms with Crippen molar-refractivity contribution in [1.29, 1.82) is 0 Å². The fourth-order valence-electron chi connectivity index (χ4n) is 3.08. The Balaban J connectivity index is 1.75. The fraction of sp³-hybridized carbons (Fsp3) is 0.600. The van der Waals surface area contributed by atoms with Gasteiger partial charge in [-0.2, -0.15) is 0 Å². The first kappa shape index (κ1) is 12.5. The van der Waals surface area contributed by atoms with Crippen LogP contribution in [-0.2, 0) is 7.05 Å². The van der Waals surface area contributed by atoms with Gasteiger partial charge in [-0.25, -0.2) is 9.97 Å². The molecular weight excluding hydrogens is 236 g/mol. The second-order valence-corrected chi connectivity index (χ2v) is 5.65. The zero-order chi connectivity index (χ0) is 13.2. The molecule has 0 saturated heterocycles. The molecular formula is C15H22N4. The van der Waals surface area contributed by atoms with E-state index in [1.54, 1.807) is 0 Å². The number of pyridine rings is 1. The first-order valence-electron chi connectivity index (χ1n) is 7.30. The van der Waals surface area contributed by atoms with Crippen molar-refractivity contribution in [2.24, 2.45) is 13.0 Å². The normalized spacial score (nSPS) is 23.7. The molecule has 0 aliphatic heterocycles.